The summed E-state index contributed by atoms with van der Waals surface area (Å²) in [6.45, 7) is 1.87. The standard InChI is InChI=1S/C16H14ClN3O3S/c1-11-3-2-4-12(9-11)16-19-15(23-20-16)10-18-24(21,22)14-7-5-13(17)6-8-14/h2-9,18H,10H2,1H3. The maximum absolute atomic E-state index is 12.2. The average molecular weight is 364 g/mol. The molecule has 0 unspecified atom stereocenters. The predicted molar refractivity (Wildman–Crippen MR) is 89.9 cm³/mol. The van der Waals surface area contributed by atoms with E-state index in [1.54, 1.807) is 0 Å². The smallest absolute Gasteiger partial charge is 0.242 e. The van der Waals surface area contributed by atoms with Crippen molar-refractivity contribution in [1.82, 2.24) is 14.9 Å². The summed E-state index contributed by atoms with van der Waals surface area (Å²) in [5.41, 5.74) is 1.88. The number of aryl methyl sites for hydroxylation is 1. The van der Waals surface area contributed by atoms with Gasteiger partial charge in [-0.15, -0.1) is 0 Å². The Hall–Kier alpha value is -2.22. The lowest BCUT2D eigenvalue weighted by molar-refractivity contribution is 0.376. The molecule has 0 amide bonds. The van der Waals surface area contributed by atoms with E-state index in [0.717, 1.165) is 11.1 Å². The summed E-state index contributed by atoms with van der Waals surface area (Å²) in [7, 11) is -3.67. The largest absolute Gasteiger partial charge is 0.338 e. The van der Waals surface area contributed by atoms with Crippen LogP contribution in [0.4, 0.5) is 0 Å². The fraction of sp³-hybridized carbons (Fsp3) is 0.125. The van der Waals surface area contributed by atoms with Crippen LogP contribution in [0, 0.1) is 6.92 Å². The van der Waals surface area contributed by atoms with Gasteiger partial charge in [-0.3, -0.25) is 0 Å². The zero-order valence-electron chi connectivity index (χ0n) is 12.7. The molecule has 6 nitrogen and oxygen atoms in total. The zero-order chi connectivity index (χ0) is 17.2. The third-order valence-corrected chi connectivity index (χ3v) is 4.95. The quantitative estimate of drug-likeness (QED) is 0.752. The second kappa shape index (κ2) is 6.72. The molecule has 2 aromatic carbocycles. The van der Waals surface area contributed by atoms with Crippen LogP contribution in [-0.4, -0.2) is 18.6 Å². The fourth-order valence-electron chi connectivity index (χ4n) is 2.08. The first kappa shape index (κ1) is 16.6. The molecule has 0 aliphatic heterocycles. The van der Waals surface area contributed by atoms with E-state index < -0.39 is 10.0 Å². The van der Waals surface area contributed by atoms with Gasteiger partial charge in [0.15, 0.2) is 0 Å². The number of nitrogens with zero attached hydrogens (tertiary/aromatic N) is 2. The lowest BCUT2D eigenvalue weighted by atomic mass is 10.1. The van der Waals surface area contributed by atoms with Gasteiger partial charge in [0.2, 0.25) is 21.7 Å². The molecule has 0 radical (unpaired) electrons. The van der Waals surface area contributed by atoms with Crippen molar-refractivity contribution in [2.45, 2.75) is 18.4 Å². The highest BCUT2D eigenvalue weighted by Crippen LogP contribution is 2.18. The zero-order valence-corrected chi connectivity index (χ0v) is 14.3. The van der Waals surface area contributed by atoms with Crippen molar-refractivity contribution in [2.24, 2.45) is 0 Å². The summed E-state index contributed by atoms with van der Waals surface area (Å²) < 4.78 is 31.9. The van der Waals surface area contributed by atoms with Gasteiger partial charge in [-0.25, -0.2) is 13.1 Å². The summed E-state index contributed by atoms with van der Waals surface area (Å²) >= 11 is 5.76. The number of halogens is 1. The number of sulfonamides is 1. The van der Waals surface area contributed by atoms with E-state index in [-0.39, 0.29) is 17.3 Å². The summed E-state index contributed by atoms with van der Waals surface area (Å²) in [5, 5.41) is 4.34. The molecule has 0 fully saturated rings. The van der Waals surface area contributed by atoms with Crippen LogP contribution in [0.3, 0.4) is 0 Å². The summed E-state index contributed by atoms with van der Waals surface area (Å²) in [6.07, 6.45) is 0. The number of rotatable bonds is 5. The Bertz CT molecular complexity index is 953. The van der Waals surface area contributed by atoms with Crippen LogP contribution in [0.2, 0.25) is 5.02 Å². The topological polar surface area (TPSA) is 85.1 Å². The van der Waals surface area contributed by atoms with Crippen molar-refractivity contribution in [1.29, 1.82) is 0 Å². The fourth-order valence-corrected chi connectivity index (χ4v) is 3.18. The third-order valence-electron chi connectivity index (χ3n) is 3.28. The lowest BCUT2D eigenvalue weighted by Gasteiger charge is -2.04. The molecule has 0 atom stereocenters. The van der Waals surface area contributed by atoms with Crippen molar-refractivity contribution in [3.63, 3.8) is 0 Å². The van der Waals surface area contributed by atoms with Crippen molar-refractivity contribution < 1.29 is 12.9 Å². The minimum Gasteiger partial charge on any atom is -0.338 e. The van der Waals surface area contributed by atoms with Crippen LogP contribution in [0.1, 0.15) is 11.5 Å². The Balaban J connectivity index is 1.72. The third kappa shape index (κ3) is 3.81. The first-order chi connectivity index (χ1) is 11.4. The number of hydrogen-bond donors (Lipinski definition) is 1. The minimum absolute atomic E-state index is 0.0935. The molecule has 0 aliphatic rings. The molecule has 1 heterocycles. The molecule has 3 aromatic rings. The van der Waals surface area contributed by atoms with E-state index in [2.05, 4.69) is 14.9 Å². The van der Waals surface area contributed by atoms with Gasteiger partial charge in [-0.05, 0) is 37.3 Å². The number of aromatic nitrogens is 2. The second-order valence-corrected chi connectivity index (χ2v) is 7.36. The van der Waals surface area contributed by atoms with Crippen LogP contribution in [0.25, 0.3) is 11.4 Å². The van der Waals surface area contributed by atoms with Gasteiger partial charge in [0, 0.05) is 10.6 Å². The van der Waals surface area contributed by atoms with Crippen LogP contribution >= 0.6 is 11.6 Å². The lowest BCUT2D eigenvalue weighted by Crippen LogP contribution is -2.23. The van der Waals surface area contributed by atoms with Crippen molar-refractivity contribution in [2.75, 3.05) is 0 Å². The summed E-state index contributed by atoms with van der Waals surface area (Å²) in [4.78, 5) is 4.32. The van der Waals surface area contributed by atoms with Gasteiger partial charge >= 0.3 is 0 Å². The molecule has 24 heavy (non-hydrogen) atoms. The normalized spacial score (nSPS) is 11.6. The van der Waals surface area contributed by atoms with Crippen LogP contribution in [0.5, 0.6) is 0 Å². The van der Waals surface area contributed by atoms with Gasteiger partial charge < -0.3 is 4.52 Å². The molecule has 8 heteroatoms. The second-order valence-electron chi connectivity index (χ2n) is 5.16. The molecule has 3 rings (SSSR count). The molecule has 0 spiro atoms. The molecule has 1 N–H and O–H groups in total. The van der Waals surface area contributed by atoms with Gasteiger partial charge in [0.05, 0.1) is 11.4 Å². The Kier molecular flexibility index (Phi) is 4.66. The van der Waals surface area contributed by atoms with Crippen molar-refractivity contribution >= 4 is 21.6 Å². The number of nitrogens with one attached hydrogen (secondary N) is 1. The maximum Gasteiger partial charge on any atom is 0.242 e. The van der Waals surface area contributed by atoms with Crippen LogP contribution in [0.15, 0.2) is 57.9 Å². The average Bonchev–Trinajstić information content (AvgIpc) is 3.03. The Morgan fingerprint density at radius 1 is 1.17 bits per heavy atom. The number of hydrogen-bond acceptors (Lipinski definition) is 5. The first-order valence-corrected chi connectivity index (χ1v) is 8.95. The number of benzene rings is 2. The summed E-state index contributed by atoms with van der Waals surface area (Å²) in [5.74, 6) is 0.600. The molecule has 0 aliphatic carbocycles. The van der Waals surface area contributed by atoms with Gasteiger partial charge in [-0.2, -0.15) is 4.98 Å². The maximum atomic E-state index is 12.2. The van der Waals surface area contributed by atoms with E-state index in [4.69, 9.17) is 16.1 Å². The van der Waals surface area contributed by atoms with Gasteiger partial charge in [0.25, 0.3) is 0 Å². The van der Waals surface area contributed by atoms with E-state index in [1.807, 2.05) is 31.2 Å². The van der Waals surface area contributed by atoms with Gasteiger partial charge in [-0.1, -0.05) is 40.5 Å². The van der Waals surface area contributed by atoms with Crippen LogP contribution < -0.4 is 4.72 Å². The molecule has 0 saturated heterocycles. The molecular weight excluding hydrogens is 350 g/mol. The molecular formula is C16H14ClN3O3S. The van der Waals surface area contributed by atoms with E-state index >= 15 is 0 Å². The predicted octanol–water partition coefficient (Wildman–Crippen LogP) is 3.18. The van der Waals surface area contributed by atoms with Crippen molar-refractivity contribution in [3.05, 3.63) is 65.0 Å². The van der Waals surface area contributed by atoms with E-state index in [0.29, 0.717) is 10.8 Å². The van der Waals surface area contributed by atoms with Crippen molar-refractivity contribution in [3.8, 4) is 11.4 Å². The molecule has 0 bridgehead atoms. The first-order valence-electron chi connectivity index (χ1n) is 7.09. The molecule has 124 valence electrons. The van der Waals surface area contributed by atoms with Gasteiger partial charge in [0.1, 0.15) is 0 Å². The highest BCUT2D eigenvalue weighted by atomic mass is 35.5. The Morgan fingerprint density at radius 3 is 2.62 bits per heavy atom. The van der Waals surface area contributed by atoms with E-state index in [1.165, 1.54) is 24.3 Å². The Morgan fingerprint density at radius 2 is 1.92 bits per heavy atom. The van der Waals surface area contributed by atoms with E-state index in [9.17, 15) is 8.42 Å². The molecule has 0 saturated carbocycles. The highest BCUT2D eigenvalue weighted by Gasteiger charge is 2.16. The SMILES string of the molecule is Cc1cccc(-c2noc(CNS(=O)(=O)c3ccc(Cl)cc3)n2)c1. The van der Waals surface area contributed by atoms with Crippen LogP contribution in [-0.2, 0) is 16.6 Å². The monoisotopic (exact) mass is 363 g/mol. The Labute approximate surface area is 144 Å². The minimum atomic E-state index is -3.67. The molecule has 1 aromatic heterocycles. The highest BCUT2D eigenvalue weighted by molar-refractivity contribution is 7.89. The summed E-state index contributed by atoms with van der Waals surface area (Å²) in [6, 6.07) is 13.5.